The first-order valence-corrected chi connectivity index (χ1v) is 7.75. The molecule has 1 heterocycles. The summed E-state index contributed by atoms with van der Waals surface area (Å²) in [5, 5.41) is 5.13. The van der Waals surface area contributed by atoms with Gasteiger partial charge in [0, 0.05) is 12.0 Å². The van der Waals surface area contributed by atoms with Gasteiger partial charge < -0.3 is 4.74 Å². The maximum absolute atomic E-state index is 11.2. The predicted octanol–water partition coefficient (Wildman–Crippen LogP) is 1.26. The van der Waals surface area contributed by atoms with Crippen LogP contribution in [-0.4, -0.2) is 26.9 Å². The molecular formula is C11H21NO3S. The molecule has 1 spiro atoms. The first-order valence-electron chi connectivity index (χ1n) is 6.03. The van der Waals surface area contributed by atoms with Crippen LogP contribution in [0.1, 0.15) is 39.0 Å². The van der Waals surface area contributed by atoms with Gasteiger partial charge >= 0.3 is 0 Å². The van der Waals surface area contributed by atoms with E-state index in [-0.39, 0.29) is 17.3 Å². The Morgan fingerprint density at radius 2 is 2.19 bits per heavy atom. The van der Waals surface area contributed by atoms with Crippen molar-refractivity contribution in [1.29, 1.82) is 0 Å². The Balaban J connectivity index is 2.12. The van der Waals surface area contributed by atoms with E-state index < -0.39 is 10.0 Å². The largest absolute Gasteiger partial charge is 0.377 e. The summed E-state index contributed by atoms with van der Waals surface area (Å²) in [7, 11) is -3.43. The minimum atomic E-state index is -3.43. The normalized spacial score (nSPS) is 40.4. The van der Waals surface area contributed by atoms with Gasteiger partial charge in [0.25, 0.3) is 0 Å². The van der Waals surface area contributed by atoms with E-state index in [9.17, 15) is 8.42 Å². The van der Waals surface area contributed by atoms with E-state index in [1.54, 1.807) is 0 Å². The fourth-order valence-corrected chi connectivity index (χ4v) is 4.27. The molecule has 16 heavy (non-hydrogen) atoms. The zero-order chi connectivity index (χ0) is 11.8. The van der Waals surface area contributed by atoms with Crippen LogP contribution in [0.3, 0.4) is 0 Å². The zero-order valence-electron chi connectivity index (χ0n) is 9.81. The highest BCUT2D eigenvalue weighted by molar-refractivity contribution is 7.89. The standard InChI is InChI=1S/C11H21NO3S/c1-9-3-2-4-11(7-9)5-6-15-10(11)8-16(12,13)14/h9-10H,2-8H2,1H3,(H2,12,13,14). The van der Waals surface area contributed by atoms with Crippen LogP contribution in [0.2, 0.25) is 0 Å². The topological polar surface area (TPSA) is 69.4 Å². The molecule has 0 aromatic carbocycles. The molecule has 94 valence electrons. The lowest BCUT2D eigenvalue weighted by Crippen LogP contribution is -2.41. The highest BCUT2D eigenvalue weighted by Crippen LogP contribution is 2.49. The molecule has 0 bridgehead atoms. The average Bonchev–Trinajstić information content (AvgIpc) is 2.46. The highest BCUT2D eigenvalue weighted by Gasteiger charge is 2.47. The number of hydrogen-bond donors (Lipinski definition) is 1. The molecule has 3 unspecified atom stereocenters. The van der Waals surface area contributed by atoms with Gasteiger partial charge in [0.1, 0.15) is 0 Å². The third kappa shape index (κ3) is 2.57. The summed E-state index contributed by atoms with van der Waals surface area (Å²) in [5.41, 5.74) is 0.0874. The summed E-state index contributed by atoms with van der Waals surface area (Å²) in [6.45, 7) is 2.93. The first kappa shape index (κ1) is 12.3. The van der Waals surface area contributed by atoms with Crippen molar-refractivity contribution < 1.29 is 13.2 Å². The molecule has 3 atom stereocenters. The van der Waals surface area contributed by atoms with E-state index in [1.807, 2.05) is 0 Å². The molecule has 5 heteroatoms. The molecule has 0 amide bonds. The molecule has 2 fully saturated rings. The molecule has 0 aromatic heterocycles. The monoisotopic (exact) mass is 247 g/mol. The van der Waals surface area contributed by atoms with Gasteiger partial charge in [0.05, 0.1) is 11.9 Å². The minimum Gasteiger partial charge on any atom is -0.377 e. The summed E-state index contributed by atoms with van der Waals surface area (Å²) in [6, 6.07) is 0. The Kier molecular flexibility index (Phi) is 3.29. The molecule has 1 saturated carbocycles. The Bertz CT molecular complexity index is 354. The van der Waals surface area contributed by atoms with E-state index in [4.69, 9.17) is 9.88 Å². The summed E-state index contributed by atoms with van der Waals surface area (Å²) in [4.78, 5) is 0. The molecule has 2 N–H and O–H groups in total. The number of ether oxygens (including phenoxy) is 1. The van der Waals surface area contributed by atoms with Gasteiger partial charge in [-0.2, -0.15) is 0 Å². The van der Waals surface area contributed by atoms with Crippen LogP contribution in [0.25, 0.3) is 0 Å². The predicted molar refractivity (Wildman–Crippen MR) is 62.4 cm³/mol. The van der Waals surface area contributed by atoms with Gasteiger partial charge in [-0.05, 0) is 25.2 Å². The highest BCUT2D eigenvalue weighted by atomic mass is 32.2. The van der Waals surface area contributed by atoms with Crippen molar-refractivity contribution in [3.05, 3.63) is 0 Å². The second-order valence-corrected chi connectivity index (χ2v) is 7.16. The van der Waals surface area contributed by atoms with Crippen LogP contribution in [0.4, 0.5) is 0 Å². The molecule has 2 aliphatic rings. The number of primary sulfonamides is 1. The summed E-state index contributed by atoms with van der Waals surface area (Å²) >= 11 is 0. The third-order valence-electron chi connectivity index (χ3n) is 4.11. The fraction of sp³-hybridized carbons (Fsp3) is 1.00. The van der Waals surface area contributed by atoms with Crippen LogP contribution >= 0.6 is 0 Å². The van der Waals surface area contributed by atoms with Crippen LogP contribution in [0.5, 0.6) is 0 Å². The van der Waals surface area contributed by atoms with Crippen molar-refractivity contribution in [3.63, 3.8) is 0 Å². The summed E-state index contributed by atoms with van der Waals surface area (Å²) in [5.74, 6) is 0.665. The molecule has 2 rings (SSSR count). The summed E-state index contributed by atoms with van der Waals surface area (Å²) in [6.07, 6.45) is 5.45. The second-order valence-electron chi connectivity index (χ2n) is 5.50. The van der Waals surface area contributed by atoms with E-state index in [2.05, 4.69) is 6.92 Å². The van der Waals surface area contributed by atoms with E-state index >= 15 is 0 Å². The van der Waals surface area contributed by atoms with Crippen molar-refractivity contribution in [2.45, 2.75) is 45.1 Å². The van der Waals surface area contributed by atoms with Crippen LogP contribution < -0.4 is 5.14 Å². The fourth-order valence-electron chi connectivity index (χ4n) is 3.40. The van der Waals surface area contributed by atoms with Crippen LogP contribution in [-0.2, 0) is 14.8 Å². The molecular weight excluding hydrogens is 226 g/mol. The smallest absolute Gasteiger partial charge is 0.211 e. The quantitative estimate of drug-likeness (QED) is 0.798. The number of nitrogens with two attached hydrogens (primary N) is 1. The first-order chi connectivity index (χ1) is 7.41. The van der Waals surface area contributed by atoms with Crippen molar-refractivity contribution in [3.8, 4) is 0 Å². The molecule has 1 aliphatic carbocycles. The third-order valence-corrected chi connectivity index (χ3v) is 4.88. The molecule has 1 aliphatic heterocycles. The Morgan fingerprint density at radius 1 is 1.44 bits per heavy atom. The van der Waals surface area contributed by atoms with Crippen molar-refractivity contribution in [2.75, 3.05) is 12.4 Å². The van der Waals surface area contributed by atoms with Gasteiger partial charge in [-0.25, -0.2) is 13.6 Å². The maximum Gasteiger partial charge on any atom is 0.211 e. The molecule has 1 saturated heterocycles. The minimum absolute atomic E-state index is 0.0142. The van der Waals surface area contributed by atoms with Crippen molar-refractivity contribution >= 4 is 10.0 Å². The zero-order valence-corrected chi connectivity index (χ0v) is 10.6. The average molecular weight is 247 g/mol. The van der Waals surface area contributed by atoms with Crippen molar-refractivity contribution in [1.82, 2.24) is 0 Å². The molecule has 0 radical (unpaired) electrons. The second kappa shape index (κ2) is 4.27. The van der Waals surface area contributed by atoms with E-state index in [0.29, 0.717) is 12.5 Å². The number of hydrogen-bond acceptors (Lipinski definition) is 3. The van der Waals surface area contributed by atoms with E-state index in [0.717, 1.165) is 19.3 Å². The van der Waals surface area contributed by atoms with Gasteiger partial charge in [0.15, 0.2) is 0 Å². The lowest BCUT2D eigenvalue weighted by Gasteiger charge is -2.40. The number of rotatable bonds is 2. The Morgan fingerprint density at radius 3 is 2.81 bits per heavy atom. The van der Waals surface area contributed by atoms with Gasteiger partial charge in [-0.3, -0.25) is 0 Å². The summed E-state index contributed by atoms with van der Waals surface area (Å²) < 4.78 is 28.0. The van der Waals surface area contributed by atoms with E-state index in [1.165, 1.54) is 12.8 Å². The van der Waals surface area contributed by atoms with Crippen LogP contribution in [0.15, 0.2) is 0 Å². The Labute approximate surface area is 97.6 Å². The molecule has 0 aromatic rings. The number of sulfonamides is 1. The maximum atomic E-state index is 11.2. The molecule has 4 nitrogen and oxygen atoms in total. The lowest BCUT2D eigenvalue weighted by atomic mass is 9.66. The van der Waals surface area contributed by atoms with Gasteiger partial charge in [-0.15, -0.1) is 0 Å². The van der Waals surface area contributed by atoms with Gasteiger partial charge in [-0.1, -0.05) is 19.8 Å². The van der Waals surface area contributed by atoms with Crippen LogP contribution in [0, 0.1) is 11.3 Å². The Hall–Kier alpha value is -0.130. The van der Waals surface area contributed by atoms with Crippen molar-refractivity contribution in [2.24, 2.45) is 16.5 Å². The van der Waals surface area contributed by atoms with Gasteiger partial charge in [0.2, 0.25) is 10.0 Å². The lowest BCUT2D eigenvalue weighted by molar-refractivity contribution is 0.0318. The SMILES string of the molecule is CC1CCCC2(CCOC2CS(N)(=O)=O)C1.